The van der Waals surface area contributed by atoms with Gasteiger partial charge in [-0.2, -0.15) is 0 Å². The number of aromatic nitrogens is 2. The number of imidazole rings is 1. The van der Waals surface area contributed by atoms with Crippen LogP contribution in [0.25, 0.3) is 0 Å². The van der Waals surface area contributed by atoms with Crippen LogP contribution in [-0.2, 0) is 6.42 Å². The Kier molecular flexibility index (Phi) is 21.8. The van der Waals surface area contributed by atoms with E-state index in [1.54, 1.807) is 0 Å². The van der Waals surface area contributed by atoms with E-state index in [1.807, 2.05) is 6.20 Å². The topological polar surface area (TPSA) is 17.8 Å². The molecule has 2 aromatic rings. The van der Waals surface area contributed by atoms with Gasteiger partial charge in [-0.15, -0.1) is 0 Å². The van der Waals surface area contributed by atoms with E-state index < -0.39 is 0 Å². The SMILES string of the molecule is CCCCCCCCCCCCCCCCCCC(C(CCCCCCCC)Cc1ccccc1)n1ccnc1. The van der Waals surface area contributed by atoms with Gasteiger partial charge in [-0.1, -0.05) is 185 Å². The Bertz CT molecular complexity index is 753. The number of hydrogen-bond donors (Lipinski definition) is 0. The third-order valence-electron chi connectivity index (χ3n) is 9.07. The first-order valence-corrected chi connectivity index (χ1v) is 17.9. The summed E-state index contributed by atoms with van der Waals surface area (Å²) in [5, 5.41) is 0. The summed E-state index contributed by atoms with van der Waals surface area (Å²) in [6, 6.07) is 11.8. The lowest BCUT2D eigenvalue weighted by atomic mass is 9.84. The number of rotatable bonds is 28. The van der Waals surface area contributed by atoms with Crippen LogP contribution in [0.3, 0.4) is 0 Å². The highest BCUT2D eigenvalue weighted by Gasteiger charge is 2.23. The fourth-order valence-electron chi connectivity index (χ4n) is 6.53. The zero-order chi connectivity index (χ0) is 28.4. The van der Waals surface area contributed by atoms with Gasteiger partial charge in [0, 0.05) is 18.4 Å². The number of unbranched alkanes of at least 4 members (excludes halogenated alkanes) is 20. The summed E-state index contributed by atoms with van der Waals surface area (Å²) in [5.41, 5.74) is 1.50. The molecule has 40 heavy (non-hydrogen) atoms. The van der Waals surface area contributed by atoms with Crippen molar-refractivity contribution < 1.29 is 0 Å². The molecule has 0 fully saturated rings. The fourth-order valence-corrected chi connectivity index (χ4v) is 6.53. The average Bonchev–Trinajstić information content (AvgIpc) is 3.51. The van der Waals surface area contributed by atoms with Crippen molar-refractivity contribution in [1.29, 1.82) is 0 Å². The fraction of sp³-hybridized carbons (Fsp3) is 0.763. The van der Waals surface area contributed by atoms with Crippen LogP contribution in [0, 0.1) is 5.92 Å². The first-order chi connectivity index (χ1) is 19.8. The van der Waals surface area contributed by atoms with Gasteiger partial charge in [0.2, 0.25) is 0 Å². The second-order valence-electron chi connectivity index (χ2n) is 12.7. The number of nitrogens with zero attached hydrogens (tertiary/aromatic N) is 2. The molecule has 2 unspecified atom stereocenters. The largest absolute Gasteiger partial charge is 0.334 e. The third kappa shape index (κ3) is 17.3. The van der Waals surface area contributed by atoms with E-state index in [4.69, 9.17) is 0 Å². The van der Waals surface area contributed by atoms with Gasteiger partial charge >= 0.3 is 0 Å². The molecule has 1 aromatic carbocycles. The van der Waals surface area contributed by atoms with Gasteiger partial charge in [-0.05, 0) is 30.7 Å². The first kappa shape index (κ1) is 34.6. The van der Waals surface area contributed by atoms with Gasteiger partial charge in [0.05, 0.1) is 6.33 Å². The molecule has 228 valence electrons. The summed E-state index contributed by atoms with van der Waals surface area (Å²) >= 11 is 0. The average molecular weight is 551 g/mol. The molecular weight excluding hydrogens is 484 g/mol. The maximum atomic E-state index is 4.45. The highest BCUT2D eigenvalue weighted by molar-refractivity contribution is 5.15. The van der Waals surface area contributed by atoms with Crippen molar-refractivity contribution in [3.8, 4) is 0 Å². The normalized spacial score (nSPS) is 13.1. The van der Waals surface area contributed by atoms with Crippen LogP contribution < -0.4 is 0 Å². The molecule has 0 aliphatic heterocycles. The van der Waals surface area contributed by atoms with Crippen LogP contribution in [0.1, 0.15) is 180 Å². The first-order valence-electron chi connectivity index (χ1n) is 17.9. The Morgan fingerprint density at radius 2 is 1.00 bits per heavy atom. The molecule has 2 nitrogen and oxygen atoms in total. The molecule has 2 rings (SSSR count). The molecule has 0 amide bonds. The molecular formula is C38H66N2. The minimum Gasteiger partial charge on any atom is -0.334 e. The molecule has 0 spiro atoms. The van der Waals surface area contributed by atoms with Crippen molar-refractivity contribution in [1.82, 2.24) is 9.55 Å². The van der Waals surface area contributed by atoms with Crippen molar-refractivity contribution in [3.63, 3.8) is 0 Å². The standard InChI is InChI=1S/C38H66N2/c1-3-5-7-9-11-12-13-14-15-16-17-18-19-20-22-27-31-38(40-33-32-39-35-40)37(30-26-21-10-8-6-4-2)34-36-28-24-23-25-29-36/h23-25,28-29,32-33,35,37-38H,3-22,26-27,30-31,34H2,1-2H3. The van der Waals surface area contributed by atoms with E-state index in [1.165, 1.54) is 166 Å². The molecule has 1 aromatic heterocycles. The zero-order valence-electron chi connectivity index (χ0n) is 26.8. The van der Waals surface area contributed by atoms with Crippen molar-refractivity contribution in [3.05, 3.63) is 54.6 Å². The Balaban J connectivity index is 1.65. The van der Waals surface area contributed by atoms with E-state index in [0.717, 1.165) is 0 Å². The molecule has 0 N–H and O–H groups in total. The maximum Gasteiger partial charge on any atom is 0.0948 e. The third-order valence-corrected chi connectivity index (χ3v) is 9.07. The Morgan fingerprint density at radius 3 is 1.45 bits per heavy atom. The van der Waals surface area contributed by atoms with Crippen molar-refractivity contribution in [2.45, 2.75) is 180 Å². The van der Waals surface area contributed by atoms with Gasteiger partial charge in [0.25, 0.3) is 0 Å². The molecule has 0 aliphatic carbocycles. The van der Waals surface area contributed by atoms with E-state index >= 15 is 0 Å². The maximum absolute atomic E-state index is 4.45. The molecule has 0 radical (unpaired) electrons. The predicted molar refractivity (Wildman–Crippen MR) is 177 cm³/mol. The summed E-state index contributed by atoms with van der Waals surface area (Å²) < 4.78 is 2.44. The molecule has 2 atom stereocenters. The Morgan fingerprint density at radius 1 is 0.550 bits per heavy atom. The quantitative estimate of drug-likeness (QED) is 0.0963. The molecule has 0 bridgehead atoms. The summed E-state index contributed by atoms with van der Waals surface area (Å²) in [6.07, 6.45) is 41.3. The summed E-state index contributed by atoms with van der Waals surface area (Å²) in [4.78, 5) is 4.45. The monoisotopic (exact) mass is 551 g/mol. The summed E-state index contributed by atoms with van der Waals surface area (Å²) in [7, 11) is 0. The molecule has 2 heteroatoms. The zero-order valence-corrected chi connectivity index (χ0v) is 26.8. The molecule has 0 saturated carbocycles. The minimum atomic E-state index is 0.574. The van der Waals surface area contributed by atoms with Crippen LogP contribution in [-0.4, -0.2) is 9.55 Å². The summed E-state index contributed by atoms with van der Waals surface area (Å²) in [5.74, 6) is 0.694. The smallest absolute Gasteiger partial charge is 0.0948 e. The number of benzene rings is 1. The molecule has 1 heterocycles. The van der Waals surface area contributed by atoms with Gasteiger partial charge in [0.15, 0.2) is 0 Å². The second-order valence-corrected chi connectivity index (χ2v) is 12.7. The van der Waals surface area contributed by atoms with E-state index in [9.17, 15) is 0 Å². The van der Waals surface area contributed by atoms with Crippen molar-refractivity contribution in [2.75, 3.05) is 0 Å². The van der Waals surface area contributed by atoms with Crippen LogP contribution in [0.4, 0.5) is 0 Å². The molecule has 0 saturated heterocycles. The highest BCUT2D eigenvalue weighted by atomic mass is 15.1. The summed E-state index contributed by atoms with van der Waals surface area (Å²) in [6.45, 7) is 4.61. The van der Waals surface area contributed by atoms with E-state index in [-0.39, 0.29) is 0 Å². The second kappa shape index (κ2) is 25.2. The lowest BCUT2D eigenvalue weighted by Gasteiger charge is -2.29. The highest BCUT2D eigenvalue weighted by Crippen LogP contribution is 2.32. The van der Waals surface area contributed by atoms with E-state index in [2.05, 4.69) is 66.3 Å². The van der Waals surface area contributed by atoms with Gasteiger partial charge in [-0.25, -0.2) is 4.98 Å². The van der Waals surface area contributed by atoms with Gasteiger partial charge in [0.1, 0.15) is 0 Å². The lowest BCUT2D eigenvalue weighted by Crippen LogP contribution is -2.21. The van der Waals surface area contributed by atoms with E-state index in [0.29, 0.717) is 12.0 Å². The van der Waals surface area contributed by atoms with Crippen LogP contribution >= 0.6 is 0 Å². The minimum absolute atomic E-state index is 0.574. The molecule has 0 aliphatic rings. The Hall–Kier alpha value is -1.57. The van der Waals surface area contributed by atoms with Gasteiger partial charge < -0.3 is 4.57 Å². The number of hydrogen-bond acceptors (Lipinski definition) is 1. The Labute approximate surface area is 250 Å². The predicted octanol–water partition coefficient (Wildman–Crippen LogP) is 12.7. The van der Waals surface area contributed by atoms with Crippen LogP contribution in [0.15, 0.2) is 49.1 Å². The van der Waals surface area contributed by atoms with Crippen LogP contribution in [0.2, 0.25) is 0 Å². The lowest BCUT2D eigenvalue weighted by molar-refractivity contribution is 0.275. The van der Waals surface area contributed by atoms with Crippen molar-refractivity contribution in [2.24, 2.45) is 5.92 Å². The van der Waals surface area contributed by atoms with Crippen molar-refractivity contribution >= 4 is 0 Å². The van der Waals surface area contributed by atoms with Gasteiger partial charge in [-0.3, -0.25) is 0 Å². The van der Waals surface area contributed by atoms with Crippen LogP contribution in [0.5, 0.6) is 0 Å².